The summed E-state index contributed by atoms with van der Waals surface area (Å²) in [6, 6.07) is 8.78. The molecule has 0 radical (unpaired) electrons. The second-order valence-corrected chi connectivity index (χ2v) is 12.6. The van der Waals surface area contributed by atoms with Gasteiger partial charge in [0.15, 0.2) is 0 Å². The summed E-state index contributed by atoms with van der Waals surface area (Å²) in [5.74, 6) is 2.15. The summed E-state index contributed by atoms with van der Waals surface area (Å²) < 4.78 is 25.6. The van der Waals surface area contributed by atoms with Crippen LogP contribution in [0.5, 0.6) is 0 Å². The topological polar surface area (TPSA) is 39.2 Å². The Morgan fingerprint density at radius 2 is 1.80 bits per heavy atom. The van der Waals surface area contributed by atoms with Crippen molar-refractivity contribution in [2.24, 2.45) is 5.92 Å². The molecule has 1 saturated carbocycles. The Bertz CT molecular complexity index is 853. The van der Waals surface area contributed by atoms with Gasteiger partial charge >= 0.3 is 0 Å². The molecule has 0 amide bonds. The number of aromatic nitrogens is 1. The monoisotopic (exact) mass is 448 g/mol. The molecule has 30 heavy (non-hydrogen) atoms. The van der Waals surface area contributed by atoms with Crippen LogP contribution in [0.4, 0.5) is 10.1 Å². The summed E-state index contributed by atoms with van der Waals surface area (Å²) in [5, 5.41) is 1.16. The Morgan fingerprint density at radius 3 is 2.40 bits per heavy atom. The van der Waals surface area contributed by atoms with Crippen molar-refractivity contribution < 1.29 is 8.94 Å². The summed E-state index contributed by atoms with van der Waals surface area (Å²) in [4.78, 5) is 8.70. The van der Waals surface area contributed by atoms with Crippen LogP contribution in [-0.4, -0.2) is 40.3 Å². The SMILES string of the molecule is CC1C[C@@H](F)CC[C@H]1c1nc(C(C)(C)C)sc1-c1ccc(N2CC[S+]([O-])CC2)cc1. The molecule has 2 fully saturated rings. The second-order valence-electron chi connectivity index (χ2n) is 9.86. The van der Waals surface area contributed by atoms with Crippen LogP contribution in [0.2, 0.25) is 0 Å². The van der Waals surface area contributed by atoms with Crippen LogP contribution in [0.25, 0.3) is 10.4 Å². The molecule has 2 aromatic rings. The third-order valence-corrected chi connectivity index (χ3v) is 9.25. The molecule has 3 atom stereocenters. The number of anilines is 1. The first-order chi connectivity index (χ1) is 14.2. The number of rotatable bonds is 3. The van der Waals surface area contributed by atoms with Gasteiger partial charge in [0.25, 0.3) is 0 Å². The van der Waals surface area contributed by atoms with E-state index in [4.69, 9.17) is 4.98 Å². The highest BCUT2D eigenvalue weighted by molar-refractivity contribution is 7.91. The van der Waals surface area contributed by atoms with E-state index in [0.29, 0.717) is 24.7 Å². The summed E-state index contributed by atoms with van der Waals surface area (Å²) in [7, 11) is 0. The highest BCUT2D eigenvalue weighted by Crippen LogP contribution is 2.46. The summed E-state index contributed by atoms with van der Waals surface area (Å²) in [6.45, 7) is 10.5. The van der Waals surface area contributed by atoms with E-state index >= 15 is 0 Å². The lowest BCUT2D eigenvalue weighted by Gasteiger charge is -2.31. The molecule has 1 aromatic carbocycles. The molecular weight excluding hydrogens is 415 g/mol. The van der Waals surface area contributed by atoms with Gasteiger partial charge in [-0.3, -0.25) is 0 Å². The molecular formula is C24H33FN2OS2. The Hall–Kier alpha value is -1.11. The van der Waals surface area contributed by atoms with Crippen molar-refractivity contribution in [1.29, 1.82) is 0 Å². The van der Waals surface area contributed by atoms with E-state index in [1.807, 2.05) is 0 Å². The zero-order valence-electron chi connectivity index (χ0n) is 18.5. The van der Waals surface area contributed by atoms with Gasteiger partial charge in [-0.25, -0.2) is 9.37 Å². The molecule has 0 bridgehead atoms. The molecule has 164 valence electrons. The lowest BCUT2D eigenvalue weighted by molar-refractivity contribution is 0.185. The van der Waals surface area contributed by atoms with Crippen molar-refractivity contribution in [1.82, 2.24) is 4.98 Å². The molecule has 0 N–H and O–H groups in total. The van der Waals surface area contributed by atoms with Crippen molar-refractivity contribution in [3.8, 4) is 10.4 Å². The Labute approximate surface area is 187 Å². The maximum absolute atomic E-state index is 13.9. The van der Waals surface area contributed by atoms with Crippen LogP contribution < -0.4 is 4.90 Å². The predicted octanol–water partition coefficient (Wildman–Crippen LogP) is 5.92. The average molecular weight is 449 g/mol. The minimum absolute atomic E-state index is 0.00157. The molecule has 2 heterocycles. The quantitative estimate of drug-likeness (QED) is 0.547. The van der Waals surface area contributed by atoms with Crippen molar-refractivity contribution >= 4 is 28.2 Å². The van der Waals surface area contributed by atoms with Crippen molar-refractivity contribution in [2.75, 3.05) is 29.5 Å². The van der Waals surface area contributed by atoms with Gasteiger partial charge in [-0.05, 0) is 42.9 Å². The highest BCUT2D eigenvalue weighted by atomic mass is 32.2. The first kappa shape index (κ1) is 22.1. The van der Waals surface area contributed by atoms with Crippen LogP contribution in [0.3, 0.4) is 0 Å². The molecule has 1 unspecified atom stereocenters. The zero-order valence-corrected chi connectivity index (χ0v) is 20.1. The fraction of sp³-hybridized carbons (Fsp3) is 0.625. The van der Waals surface area contributed by atoms with E-state index in [2.05, 4.69) is 56.9 Å². The minimum Gasteiger partial charge on any atom is -0.616 e. The maximum atomic E-state index is 13.9. The number of halogens is 1. The number of benzene rings is 1. The zero-order chi connectivity index (χ0) is 21.5. The second kappa shape index (κ2) is 8.79. The molecule has 2 aliphatic rings. The highest BCUT2D eigenvalue weighted by Gasteiger charge is 2.34. The van der Waals surface area contributed by atoms with Gasteiger partial charge in [0.05, 0.1) is 28.7 Å². The summed E-state index contributed by atoms with van der Waals surface area (Å²) in [6.07, 6.45) is 1.50. The predicted molar refractivity (Wildman–Crippen MR) is 127 cm³/mol. The van der Waals surface area contributed by atoms with E-state index in [-0.39, 0.29) is 5.41 Å². The number of nitrogens with zero attached hydrogens (tertiary/aromatic N) is 2. The van der Waals surface area contributed by atoms with Crippen molar-refractivity contribution in [2.45, 2.75) is 64.5 Å². The number of thiazole rings is 1. The first-order valence-corrected chi connectivity index (χ1v) is 13.4. The van der Waals surface area contributed by atoms with Crippen LogP contribution in [0.15, 0.2) is 24.3 Å². The Kier molecular flexibility index (Phi) is 6.48. The minimum atomic E-state index is -0.668. The maximum Gasteiger partial charge on any atom is 0.123 e. The third kappa shape index (κ3) is 4.71. The van der Waals surface area contributed by atoms with Crippen molar-refractivity contribution in [3.63, 3.8) is 0 Å². The van der Waals surface area contributed by atoms with Gasteiger partial charge in [-0.15, -0.1) is 11.3 Å². The van der Waals surface area contributed by atoms with Crippen LogP contribution in [0, 0.1) is 5.92 Å². The van der Waals surface area contributed by atoms with Crippen LogP contribution in [0.1, 0.15) is 63.6 Å². The van der Waals surface area contributed by atoms with Gasteiger partial charge in [0, 0.05) is 17.0 Å². The molecule has 1 aliphatic carbocycles. The number of hydrogen-bond acceptors (Lipinski definition) is 4. The van der Waals surface area contributed by atoms with Crippen LogP contribution >= 0.6 is 11.3 Å². The third-order valence-electron chi connectivity index (χ3n) is 6.42. The van der Waals surface area contributed by atoms with Gasteiger partial charge in [-0.2, -0.15) is 0 Å². The number of alkyl halides is 1. The molecule has 1 aliphatic heterocycles. The Morgan fingerprint density at radius 1 is 1.13 bits per heavy atom. The largest absolute Gasteiger partial charge is 0.616 e. The van der Waals surface area contributed by atoms with Gasteiger partial charge in [0.1, 0.15) is 17.7 Å². The van der Waals surface area contributed by atoms with E-state index in [9.17, 15) is 8.94 Å². The van der Waals surface area contributed by atoms with E-state index in [1.54, 1.807) is 11.3 Å². The molecule has 4 rings (SSSR count). The smallest absolute Gasteiger partial charge is 0.123 e. The lowest BCUT2D eigenvalue weighted by atomic mass is 9.77. The van der Waals surface area contributed by atoms with E-state index in [0.717, 1.165) is 36.0 Å². The van der Waals surface area contributed by atoms with Crippen LogP contribution in [-0.2, 0) is 16.6 Å². The normalized spacial score (nSPS) is 26.2. The fourth-order valence-electron chi connectivity index (χ4n) is 4.57. The summed E-state index contributed by atoms with van der Waals surface area (Å²) >= 11 is 1.14. The number of hydrogen-bond donors (Lipinski definition) is 0. The molecule has 1 aromatic heterocycles. The standard InChI is InChI=1S/C24H33FN2OS2/c1-16-15-18(25)7-10-20(16)21-22(29-23(26-21)24(2,3)4)17-5-8-19(9-6-17)27-11-13-30(28)14-12-27/h5-6,8-9,16,18,20H,7,10-15H2,1-4H3/t16?,18-,20+/m0/s1. The first-order valence-electron chi connectivity index (χ1n) is 11.1. The van der Waals surface area contributed by atoms with Gasteiger partial charge < -0.3 is 9.45 Å². The van der Waals surface area contributed by atoms with Crippen molar-refractivity contribution in [3.05, 3.63) is 35.0 Å². The van der Waals surface area contributed by atoms with E-state index < -0.39 is 17.3 Å². The van der Waals surface area contributed by atoms with Gasteiger partial charge in [0.2, 0.25) is 0 Å². The molecule has 3 nitrogen and oxygen atoms in total. The molecule has 1 saturated heterocycles. The molecule has 6 heteroatoms. The fourth-order valence-corrected chi connectivity index (χ4v) is 6.82. The summed E-state index contributed by atoms with van der Waals surface area (Å²) in [5.41, 5.74) is 3.58. The lowest BCUT2D eigenvalue weighted by Crippen LogP contribution is -2.40. The van der Waals surface area contributed by atoms with Gasteiger partial charge in [-0.1, -0.05) is 51.0 Å². The van der Waals surface area contributed by atoms with E-state index in [1.165, 1.54) is 21.8 Å². The average Bonchev–Trinajstić information content (AvgIpc) is 3.14. The Balaban J connectivity index is 1.65. The molecule has 0 spiro atoms.